The van der Waals surface area contributed by atoms with E-state index in [1.807, 2.05) is 0 Å². The lowest BCUT2D eigenvalue weighted by molar-refractivity contribution is -0.128. The number of amides is 1. The number of carbonyl (C=O) groups excluding carboxylic acids is 1. The maximum atomic E-state index is 12.0. The number of nitrogens with one attached hydrogen (secondary N) is 1. The van der Waals surface area contributed by atoms with Gasteiger partial charge in [-0.15, -0.1) is 0 Å². The van der Waals surface area contributed by atoms with E-state index in [1.54, 1.807) is 0 Å². The van der Waals surface area contributed by atoms with Gasteiger partial charge in [-0.1, -0.05) is 25.7 Å². The van der Waals surface area contributed by atoms with Crippen molar-refractivity contribution >= 4 is 5.91 Å². The highest BCUT2D eigenvalue weighted by atomic mass is 16.5. The Balaban J connectivity index is 1.66. The fourth-order valence-electron chi connectivity index (χ4n) is 2.98. The van der Waals surface area contributed by atoms with Gasteiger partial charge >= 0.3 is 0 Å². The first-order valence-electron chi connectivity index (χ1n) is 7.08. The van der Waals surface area contributed by atoms with Gasteiger partial charge in [0.15, 0.2) is 0 Å². The first kappa shape index (κ1) is 13.4. The molecule has 0 atom stereocenters. The van der Waals surface area contributed by atoms with E-state index in [0.29, 0.717) is 32.1 Å². The van der Waals surface area contributed by atoms with Crippen LogP contribution in [0.25, 0.3) is 0 Å². The van der Waals surface area contributed by atoms with Crippen LogP contribution in [-0.2, 0) is 9.53 Å². The Morgan fingerprint density at radius 1 is 1.28 bits per heavy atom. The minimum atomic E-state index is -0.757. The summed E-state index contributed by atoms with van der Waals surface area (Å²) in [6.07, 6.45) is 8.59. The number of nitriles is 1. The number of hydrogen-bond acceptors (Lipinski definition) is 3. The summed E-state index contributed by atoms with van der Waals surface area (Å²) in [5, 5.41) is 12.0. The molecule has 100 valence electrons. The molecule has 18 heavy (non-hydrogen) atoms. The number of carbonyl (C=O) groups is 1. The van der Waals surface area contributed by atoms with Crippen molar-refractivity contribution in [3.63, 3.8) is 0 Å². The maximum Gasteiger partial charge on any atom is 0.240 e. The molecule has 0 aromatic rings. The Kier molecular flexibility index (Phi) is 4.60. The monoisotopic (exact) mass is 250 g/mol. The summed E-state index contributed by atoms with van der Waals surface area (Å²) in [6, 6.07) is 2.21. The standard InChI is InChI=1S/C14H22N2O2/c15-11-14(7-3-4-8-14)13(17)16-9-10-18-12-5-1-2-6-12/h12H,1-10H2,(H,16,17). The van der Waals surface area contributed by atoms with Crippen LogP contribution in [0.1, 0.15) is 51.4 Å². The Bertz CT molecular complexity index is 323. The largest absolute Gasteiger partial charge is 0.376 e. The molecular formula is C14H22N2O2. The van der Waals surface area contributed by atoms with Crippen LogP contribution in [0.15, 0.2) is 0 Å². The molecule has 0 bridgehead atoms. The fraction of sp³-hybridized carbons (Fsp3) is 0.857. The van der Waals surface area contributed by atoms with Crippen molar-refractivity contribution in [1.82, 2.24) is 5.32 Å². The third-order valence-electron chi connectivity index (χ3n) is 4.15. The predicted octanol–water partition coefficient (Wildman–Crippen LogP) is 2.15. The van der Waals surface area contributed by atoms with Gasteiger partial charge in [-0.05, 0) is 25.7 Å². The highest BCUT2D eigenvalue weighted by Gasteiger charge is 2.41. The van der Waals surface area contributed by atoms with E-state index in [9.17, 15) is 10.1 Å². The van der Waals surface area contributed by atoms with Crippen molar-refractivity contribution < 1.29 is 9.53 Å². The van der Waals surface area contributed by atoms with Crippen LogP contribution < -0.4 is 5.32 Å². The van der Waals surface area contributed by atoms with Crippen LogP contribution in [0.3, 0.4) is 0 Å². The summed E-state index contributed by atoms with van der Waals surface area (Å²) >= 11 is 0. The second-order valence-electron chi connectivity index (χ2n) is 5.43. The van der Waals surface area contributed by atoms with Gasteiger partial charge in [0.05, 0.1) is 18.8 Å². The van der Waals surface area contributed by atoms with Gasteiger partial charge in [-0.25, -0.2) is 0 Å². The van der Waals surface area contributed by atoms with Crippen molar-refractivity contribution in [3.8, 4) is 6.07 Å². The van der Waals surface area contributed by atoms with Gasteiger partial charge in [-0.2, -0.15) is 5.26 Å². The molecule has 0 unspecified atom stereocenters. The van der Waals surface area contributed by atoms with Gasteiger partial charge in [0.2, 0.25) is 5.91 Å². The molecular weight excluding hydrogens is 228 g/mol. The van der Waals surface area contributed by atoms with Crippen LogP contribution in [-0.4, -0.2) is 25.2 Å². The molecule has 0 heterocycles. The minimum Gasteiger partial charge on any atom is -0.376 e. The number of nitrogens with zero attached hydrogens (tertiary/aromatic N) is 1. The highest BCUT2D eigenvalue weighted by molar-refractivity contribution is 5.85. The zero-order valence-electron chi connectivity index (χ0n) is 10.9. The molecule has 4 nitrogen and oxygen atoms in total. The van der Waals surface area contributed by atoms with Gasteiger partial charge in [0.1, 0.15) is 5.41 Å². The zero-order chi connectivity index (χ0) is 12.8. The molecule has 2 rings (SSSR count). The molecule has 0 aliphatic heterocycles. The molecule has 0 saturated heterocycles. The Labute approximate surface area is 109 Å². The van der Waals surface area contributed by atoms with Gasteiger partial charge < -0.3 is 10.1 Å². The summed E-state index contributed by atoms with van der Waals surface area (Å²) in [5.74, 6) is -0.0995. The molecule has 2 aliphatic rings. The van der Waals surface area contributed by atoms with Crippen molar-refractivity contribution in [1.29, 1.82) is 5.26 Å². The van der Waals surface area contributed by atoms with Gasteiger partial charge in [0.25, 0.3) is 0 Å². The molecule has 1 amide bonds. The van der Waals surface area contributed by atoms with Crippen molar-refractivity contribution in [2.24, 2.45) is 5.41 Å². The van der Waals surface area contributed by atoms with Crippen LogP contribution in [0, 0.1) is 16.7 Å². The van der Waals surface area contributed by atoms with Crippen LogP contribution >= 0.6 is 0 Å². The second-order valence-corrected chi connectivity index (χ2v) is 5.43. The first-order chi connectivity index (χ1) is 8.77. The number of hydrogen-bond donors (Lipinski definition) is 1. The normalized spacial score (nSPS) is 22.8. The summed E-state index contributed by atoms with van der Waals surface area (Å²) in [5.41, 5.74) is -0.757. The second kappa shape index (κ2) is 6.19. The van der Waals surface area contributed by atoms with Crippen molar-refractivity contribution in [3.05, 3.63) is 0 Å². The SMILES string of the molecule is N#CC1(C(=O)NCCOC2CCCC2)CCCC1. The van der Waals surface area contributed by atoms with E-state index in [4.69, 9.17) is 4.74 Å². The number of ether oxygens (including phenoxy) is 1. The number of rotatable bonds is 5. The highest BCUT2D eigenvalue weighted by Crippen LogP contribution is 2.37. The molecule has 2 fully saturated rings. The summed E-state index contributed by atoms with van der Waals surface area (Å²) in [4.78, 5) is 12.0. The molecule has 0 spiro atoms. The van der Waals surface area contributed by atoms with E-state index in [2.05, 4.69) is 11.4 Å². The average molecular weight is 250 g/mol. The lowest BCUT2D eigenvalue weighted by atomic mass is 9.87. The zero-order valence-corrected chi connectivity index (χ0v) is 10.9. The third kappa shape index (κ3) is 3.02. The van der Waals surface area contributed by atoms with E-state index < -0.39 is 5.41 Å². The minimum absolute atomic E-state index is 0.0995. The van der Waals surface area contributed by atoms with Crippen LogP contribution in [0.4, 0.5) is 0 Å². The van der Waals surface area contributed by atoms with Crippen molar-refractivity contribution in [2.75, 3.05) is 13.2 Å². The van der Waals surface area contributed by atoms with Crippen LogP contribution in [0.5, 0.6) is 0 Å². The molecule has 0 aromatic heterocycles. The molecule has 2 saturated carbocycles. The molecule has 0 radical (unpaired) electrons. The topological polar surface area (TPSA) is 62.1 Å². The summed E-state index contributed by atoms with van der Waals surface area (Å²) < 4.78 is 5.68. The molecule has 2 aliphatic carbocycles. The third-order valence-corrected chi connectivity index (χ3v) is 4.15. The Morgan fingerprint density at radius 3 is 2.56 bits per heavy atom. The first-order valence-corrected chi connectivity index (χ1v) is 7.08. The molecule has 4 heteroatoms. The van der Waals surface area contributed by atoms with Crippen LogP contribution in [0.2, 0.25) is 0 Å². The lowest BCUT2D eigenvalue weighted by Crippen LogP contribution is -2.40. The Morgan fingerprint density at radius 2 is 1.94 bits per heavy atom. The summed E-state index contributed by atoms with van der Waals surface area (Å²) in [7, 11) is 0. The summed E-state index contributed by atoms with van der Waals surface area (Å²) in [6.45, 7) is 1.09. The molecule has 1 N–H and O–H groups in total. The average Bonchev–Trinajstić information content (AvgIpc) is 3.05. The van der Waals surface area contributed by atoms with E-state index in [-0.39, 0.29) is 5.91 Å². The lowest BCUT2D eigenvalue weighted by Gasteiger charge is -2.19. The van der Waals surface area contributed by atoms with E-state index in [1.165, 1.54) is 12.8 Å². The van der Waals surface area contributed by atoms with Gasteiger partial charge in [0, 0.05) is 6.54 Å². The fourth-order valence-corrected chi connectivity index (χ4v) is 2.98. The maximum absolute atomic E-state index is 12.0. The quantitative estimate of drug-likeness (QED) is 0.760. The molecule has 0 aromatic carbocycles. The van der Waals surface area contributed by atoms with Crippen molar-refractivity contribution in [2.45, 2.75) is 57.5 Å². The van der Waals surface area contributed by atoms with Gasteiger partial charge in [-0.3, -0.25) is 4.79 Å². The van der Waals surface area contributed by atoms with E-state index >= 15 is 0 Å². The van der Waals surface area contributed by atoms with E-state index in [0.717, 1.165) is 25.7 Å². The predicted molar refractivity (Wildman–Crippen MR) is 67.7 cm³/mol. The smallest absolute Gasteiger partial charge is 0.240 e. The Hall–Kier alpha value is -1.08.